The van der Waals surface area contributed by atoms with Crippen molar-refractivity contribution >= 4 is 21.8 Å². The van der Waals surface area contributed by atoms with Gasteiger partial charge in [0.15, 0.2) is 0 Å². The summed E-state index contributed by atoms with van der Waals surface area (Å²) < 4.78 is 39.0. The highest BCUT2D eigenvalue weighted by atomic mass is 31.0. The van der Waals surface area contributed by atoms with E-state index in [1.54, 1.807) is 0 Å². The predicted molar refractivity (Wildman–Crippen MR) is 61.6 cm³/mol. The van der Waals surface area contributed by atoms with Crippen LogP contribution in [0.15, 0.2) is 12.1 Å². The highest BCUT2D eigenvalue weighted by Gasteiger charge is 2.20. The fourth-order valence-electron chi connectivity index (χ4n) is 1.01. The minimum Gasteiger partial charge on any atom is -0.418 e. The Hall–Kier alpha value is -0.565. The van der Waals surface area contributed by atoms with Crippen LogP contribution in [0.25, 0.3) is 0 Å². The maximum absolute atomic E-state index is 9.75. The third kappa shape index (κ3) is 6.50. The molecule has 0 fully saturated rings. The van der Waals surface area contributed by atoms with Crippen LogP contribution in [0.2, 0.25) is 0 Å². The third-order valence-corrected chi connectivity index (χ3v) is 2.94. The van der Waals surface area contributed by atoms with Crippen molar-refractivity contribution in [2.45, 2.75) is 20.8 Å². The van der Waals surface area contributed by atoms with Gasteiger partial charge in [-0.1, -0.05) is 6.07 Å². The Morgan fingerprint density at radius 3 is 1.67 bits per heavy atom. The average molecular weight is 240 g/mol. The summed E-state index contributed by atoms with van der Waals surface area (Å²) in [7, 11) is -4.04. The molecule has 0 spiro atoms. The second-order valence-corrected chi connectivity index (χ2v) is 4.05. The van der Waals surface area contributed by atoms with Crippen LogP contribution in [0.4, 0.5) is 17.3 Å². The molecule has 0 N–H and O–H groups in total. The first-order valence-corrected chi connectivity index (χ1v) is 5.09. The Labute approximate surface area is 89.4 Å². The molecule has 0 aromatic heterocycles. The van der Waals surface area contributed by atoms with Gasteiger partial charge in [0.2, 0.25) is 0 Å². The standard InChI is InChI=1S/C9H13P.BF4/c1-6-4-5-9(10)8(3)7(6)2;2-1(3,4)5/h4-5H,10H2,1-3H3;/q;-1/p+1. The summed E-state index contributed by atoms with van der Waals surface area (Å²) in [6.07, 6.45) is 0. The topological polar surface area (TPSA) is 0 Å². The number of hydrogen-bond donors (Lipinski definition) is 0. The van der Waals surface area contributed by atoms with E-state index in [-0.39, 0.29) is 0 Å². The number of aryl methyl sites for hydroxylation is 1. The van der Waals surface area contributed by atoms with Gasteiger partial charge in [-0.3, -0.25) is 0 Å². The lowest BCUT2D eigenvalue weighted by atomic mass is 10.1. The molecule has 0 nitrogen and oxygen atoms in total. The van der Waals surface area contributed by atoms with Crippen molar-refractivity contribution in [1.82, 2.24) is 0 Å². The summed E-state index contributed by atoms with van der Waals surface area (Å²) in [5.74, 6) is 0. The molecule has 1 aromatic rings. The van der Waals surface area contributed by atoms with E-state index >= 15 is 0 Å². The molecule has 15 heavy (non-hydrogen) atoms. The molecule has 0 radical (unpaired) electrons. The van der Waals surface area contributed by atoms with Gasteiger partial charge in [-0.2, -0.15) is 0 Å². The smallest absolute Gasteiger partial charge is 0.418 e. The summed E-state index contributed by atoms with van der Waals surface area (Å²) in [6, 6.07) is 4.38. The zero-order chi connectivity index (χ0) is 12.2. The van der Waals surface area contributed by atoms with Gasteiger partial charge in [-0.15, -0.1) is 0 Å². The predicted octanol–water partition coefficient (Wildman–Crippen LogP) is 3.14. The highest BCUT2D eigenvalue weighted by molar-refractivity contribution is 7.27. The molecular weight excluding hydrogens is 226 g/mol. The Morgan fingerprint density at radius 2 is 1.33 bits per heavy atom. The summed E-state index contributed by atoms with van der Waals surface area (Å²) in [5, 5.41) is 1.42. The summed E-state index contributed by atoms with van der Waals surface area (Å²) in [4.78, 5) is 0. The summed E-state index contributed by atoms with van der Waals surface area (Å²) in [5.41, 5.74) is 4.28. The van der Waals surface area contributed by atoms with Gasteiger partial charge < -0.3 is 17.3 Å². The third-order valence-electron chi connectivity index (χ3n) is 2.17. The van der Waals surface area contributed by atoms with Crippen LogP contribution < -0.4 is 5.30 Å². The lowest BCUT2D eigenvalue weighted by Crippen LogP contribution is -2.02. The average Bonchev–Trinajstić information content (AvgIpc) is 2.05. The summed E-state index contributed by atoms with van der Waals surface area (Å²) in [6.45, 7) is 6.53. The second kappa shape index (κ2) is 5.50. The number of benzene rings is 1. The van der Waals surface area contributed by atoms with Gasteiger partial charge in [-0.05, 0) is 43.5 Å². The van der Waals surface area contributed by atoms with Crippen LogP contribution >= 0.6 is 9.24 Å². The van der Waals surface area contributed by atoms with Gasteiger partial charge in [-0.25, -0.2) is 0 Å². The quantitative estimate of drug-likeness (QED) is 0.371. The minimum atomic E-state index is -6.00. The maximum atomic E-state index is 9.75. The Bertz CT molecular complexity index is 303. The lowest BCUT2D eigenvalue weighted by molar-refractivity contribution is 0.368. The molecule has 0 aliphatic rings. The number of halogens is 4. The second-order valence-electron chi connectivity index (χ2n) is 3.29. The minimum absolute atomic E-state index is 1.40. The molecule has 6 heteroatoms. The summed E-state index contributed by atoms with van der Waals surface area (Å²) >= 11 is 0. The molecule has 1 unspecified atom stereocenters. The molecule has 0 saturated carbocycles. The first-order valence-electron chi connectivity index (χ1n) is 4.39. The van der Waals surface area contributed by atoms with Crippen molar-refractivity contribution in [3.05, 3.63) is 28.8 Å². The molecule has 0 aliphatic carbocycles. The van der Waals surface area contributed by atoms with E-state index in [2.05, 4.69) is 32.9 Å². The molecule has 0 heterocycles. The van der Waals surface area contributed by atoms with Gasteiger partial charge >= 0.3 is 7.25 Å². The Morgan fingerprint density at radius 1 is 0.933 bits per heavy atom. The lowest BCUT2D eigenvalue weighted by Gasteiger charge is -2.03. The van der Waals surface area contributed by atoms with Crippen molar-refractivity contribution < 1.29 is 17.3 Å². The molecule has 0 aliphatic heterocycles. The highest BCUT2D eigenvalue weighted by Crippen LogP contribution is 2.11. The van der Waals surface area contributed by atoms with Crippen molar-refractivity contribution in [3.8, 4) is 0 Å². The van der Waals surface area contributed by atoms with Crippen molar-refractivity contribution in [1.29, 1.82) is 0 Å². The van der Waals surface area contributed by atoms with Gasteiger partial charge in [0.1, 0.15) is 0 Å². The van der Waals surface area contributed by atoms with E-state index in [9.17, 15) is 17.3 Å². The Balaban J connectivity index is 0.000000336. The molecule has 0 amide bonds. The van der Waals surface area contributed by atoms with Crippen LogP contribution in [0.3, 0.4) is 0 Å². The first-order chi connectivity index (χ1) is 6.63. The van der Waals surface area contributed by atoms with Crippen LogP contribution in [0.5, 0.6) is 0 Å². The van der Waals surface area contributed by atoms with E-state index < -0.39 is 7.25 Å². The number of rotatable bonds is 0. The molecular formula is C9H14BF4P. The van der Waals surface area contributed by atoms with Crippen LogP contribution in [-0.2, 0) is 0 Å². The zero-order valence-corrected chi connectivity index (χ0v) is 10.4. The van der Waals surface area contributed by atoms with Crippen molar-refractivity contribution in [2.75, 3.05) is 0 Å². The molecule has 86 valence electrons. The molecule has 1 atom stereocenters. The normalized spacial score (nSPS) is 10.9. The SMILES string of the molecule is Cc1ccc([PH3+])c(C)c1C.F[B-](F)(F)F. The van der Waals surface area contributed by atoms with E-state index in [0.29, 0.717) is 0 Å². The first kappa shape index (κ1) is 14.4. The Kier molecular flexibility index (Phi) is 5.29. The maximum Gasteiger partial charge on any atom is 0.673 e. The molecule has 1 rings (SSSR count). The van der Waals surface area contributed by atoms with E-state index in [1.165, 1.54) is 22.0 Å². The van der Waals surface area contributed by atoms with Crippen molar-refractivity contribution in [3.63, 3.8) is 0 Å². The van der Waals surface area contributed by atoms with Crippen molar-refractivity contribution in [2.24, 2.45) is 0 Å². The van der Waals surface area contributed by atoms with Gasteiger partial charge in [0.05, 0.1) is 5.30 Å². The molecule has 0 bridgehead atoms. The van der Waals surface area contributed by atoms with Crippen LogP contribution in [0, 0.1) is 20.8 Å². The van der Waals surface area contributed by atoms with Crippen LogP contribution in [0.1, 0.15) is 16.7 Å². The zero-order valence-electron chi connectivity index (χ0n) is 8.95. The fourth-order valence-corrected chi connectivity index (χ4v) is 1.40. The number of hydrogen-bond acceptors (Lipinski definition) is 0. The molecule has 0 saturated heterocycles. The van der Waals surface area contributed by atoms with Gasteiger partial charge in [0.25, 0.3) is 0 Å². The van der Waals surface area contributed by atoms with Gasteiger partial charge in [0, 0.05) is 9.24 Å². The monoisotopic (exact) mass is 240 g/mol. The van der Waals surface area contributed by atoms with E-state index in [1.807, 2.05) is 9.24 Å². The fraction of sp³-hybridized carbons (Fsp3) is 0.333. The molecule has 1 aromatic carbocycles. The largest absolute Gasteiger partial charge is 0.673 e. The van der Waals surface area contributed by atoms with Crippen LogP contribution in [-0.4, -0.2) is 7.25 Å². The van der Waals surface area contributed by atoms with E-state index in [0.717, 1.165) is 0 Å². The van der Waals surface area contributed by atoms with E-state index in [4.69, 9.17) is 0 Å².